The van der Waals surface area contributed by atoms with Gasteiger partial charge in [-0.1, -0.05) is 39.5 Å². The Morgan fingerprint density at radius 1 is 1.06 bits per heavy atom. The van der Waals surface area contributed by atoms with Gasteiger partial charge in [0.25, 0.3) is 0 Å². The Hall–Kier alpha value is -0.610. The second-order valence-electron chi connectivity index (χ2n) is 9.41. The van der Waals surface area contributed by atoms with Gasteiger partial charge in [0.15, 0.2) is 5.96 Å². The highest BCUT2D eigenvalue weighted by molar-refractivity contribution is 14.0. The fraction of sp³-hybridized carbons (Fsp3) is 0.917. The molecule has 2 atom stereocenters. The largest absolute Gasteiger partial charge is 0.379 e. The Kier molecular flexibility index (Phi) is 12.6. The number of amides is 1. The van der Waals surface area contributed by atoms with Crippen LogP contribution in [-0.4, -0.2) is 86.2 Å². The molecule has 3 aliphatic rings. The number of nitrogens with one attached hydrogen (secondary N) is 2. The fourth-order valence-electron chi connectivity index (χ4n) is 5.51. The van der Waals surface area contributed by atoms with E-state index in [0.717, 1.165) is 77.7 Å². The number of nitrogens with zero attached hydrogens (tertiary/aromatic N) is 3. The number of carbonyl (C=O) groups is 1. The van der Waals surface area contributed by atoms with Crippen LogP contribution in [0.15, 0.2) is 4.99 Å². The molecule has 2 heterocycles. The summed E-state index contributed by atoms with van der Waals surface area (Å²) < 4.78 is 5.58. The van der Waals surface area contributed by atoms with E-state index >= 15 is 0 Å². The first-order chi connectivity index (χ1) is 15.2. The number of likely N-dealkylation sites (tertiary alicyclic amines) is 1. The van der Waals surface area contributed by atoms with E-state index in [1.807, 2.05) is 0 Å². The molecule has 1 amide bonds. The van der Waals surface area contributed by atoms with E-state index in [9.17, 15) is 4.79 Å². The van der Waals surface area contributed by atoms with Gasteiger partial charge in [-0.15, -0.1) is 24.0 Å². The lowest BCUT2D eigenvalue weighted by atomic mass is 9.92. The molecule has 186 valence electrons. The molecule has 0 radical (unpaired) electrons. The minimum Gasteiger partial charge on any atom is -0.379 e. The third-order valence-electron chi connectivity index (χ3n) is 7.43. The van der Waals surface area contributed by atoms with Gasteiger partial charge in [-0.05, 0) is 32.1 Å². The summed E-state index contributed by atoms with van der Waals surface area (Å²) in [6.45, 7) is 13.7. The molecule has 8 heteroatoms. The van der Waals surface area contributed by atoms with E-state index in [4.69, 9.17) is 9.73 Å². The molecule has 1 aliphatic carbocycles. The number of aliphatic imine (C=N–C) groups is 1. The van der Waals surface area contributed by atoms with E-state index < -0.39 is 0 Å². The zero-order valence-electron chi connectivity index (χ0n) is 20.5. The minimum atomic E-state index is 0. The molecule has 2 aliphatic heterocycles. The van der Waals surface area contributed by atoms with E-state index in [0.29, 0.717) is 17.9 Å². The lowest BCUT2D eigenvalue weighted by Gasteiger charge is -2.38. The maximum Gasteiger partial charge on any atom is 0.225 e. The highest BCUT2D eigenvalue weighted by Crippen LogP contribution is 2.28. The van der Waals surface area contributed by atoms with Crippen molar-refractivity contribution in [2.75, 3.05) is 52.5 Å². The van der Waals surface area contributed by atoms with Crippen LogP contribution in [0.25, 0.3) is 0 Å². The maximum absolute atomic E-state index is 12.8. The summed E-state index contributed by atoms with van der Waals surface area (Å²) in [5, 5.41) is 7.06. The van der Waals surface area contributed by atoms with Crippen molar-refractivity contribution >= 4 is 35.8 Å². The summed E-state index contributed by atoms with van der Waals surface area (Å²) in [6, 6.07) is 0.747. The summed E-state index contributed by atoms with van der Waals surface area (Å²) in [5.74, 6) is 2.20. The van der Waals surface area contributed by atoms with Crippen molar-refractivity contribution in [1.29, 1.82) is 0 Å². The first-order valence-corrected chi connectivity index (χ1v) is 12.8. The minimum absolute atomic E-state index is 0. The second-order valence-corrected chi connectivity index (χ2v) is 9.41. The Bertz CT molecular complexity index is 575. The average Bonchev–Trinajstić information content (AvgIpc) is 3.49. The van der Waals surface area contributed by atoms with Crippen LogP contribution < -0.4 is 10.6 Å². The van der Waals surface area contributed by atoms with Gasteiger partial charge in [0.05, 0.1) is 19.8 Å². The lowest BCUT2D eigenvalue weighted by molar-refractivity contribution is -0.134. The molecule has 0 spiro atoms. The molecule has 0 aromatic rings. The number of ether oxygens (including phenoxy) is 1. The first-order valence-electron chi connectivity index (χ1n) is 12.8. The monoisotopic (exact) mass is 563 g/mol. The molecular weight excluding hydrogens is 517 g/mol. The van der Waals surface area contributed by atoms with Crippen LogP contribution in [0.3, 0.4) is 0 Å². The van der Waals surface area contributed by atoms with Gasteiger partial charge in [-0.25, -0.2) is 0 Å². The summed E-state index contributed by atoms with van der Waals surface area (Å²) in [6.07, 6.45) is 7.95. The highest BCUT2D eigenvalue weighted by Gasteiger charge is 2.33. The Balaban J connectivity index is 0.00000363. The molecule has 2 unspecified atom stereocenters. The predicted molar refractivity (Wildman–Crippen MR) is 142 cm³/mol. The van der Waals surface area contributed by atoms with Crippen LogP contribution in [0.2, 0.25) is 0 Å². The quantitative estimate of drug-likeness (QED) is 0.257. The van der Waals surface area contributed by atoms with E-state index in [1.165, 1.54) is 25.7 Å². The van der Waals surface area contributed by atoms with Crippen LogP contribution in [-0.2, 0) is 9.53 Å². The van der Waals surface area contributed by atoms with E-state index in [1.54, 1.807) is 0 Å². The molecule has 0 bridgehead atoms. The van der Waals surface area contributed by atoms with Crippen LogP contribution in [0, 0.1) is 11.8 Å². The van der Waals surface area contributed by atoms with Gasteiger partial charge in [0.2, 0.25) is 5.91 Å². The van der Waals surface area contributed by atoms with Crippen molar-refractivity contribution < 1.29 is 9.53 Å². The summed E-state index contributed by atoms with van der Waals surface area (Å²) in [4.78, 5) is 22.5. The highest BCUT2D eigenvalue weighted by atomic mass is 127. The molecule has 7 nitrogen and oxygen atoms in total. The molecule has 2 N–H and O–H groups in total. The molecule has 0 aromatic carbocycles. The van der Waals surface area contributed by atoms with Gasteiger partial charge in [0, 0.05) is 50.7 Å². The van der Waals surface area contributed by atoms with Gasteiger partial charge >= 0.3 is 0 Å². The standard InChI is InChI=1S/C24H45N5O2.HI/c1-4-19(5-2)22(28-13-15-31-16-14-28)17-26-24(25-6-3)27-21-11-12-29(18-21)23(30)20-9-7-8-10-20;/h19-22H,4-18H2,1-3H3,(H2,25,26,27);1H. The molecule has 2 saturated heterocycles. The van der Waals surface area contributed by atoms with Gasteiger partial charge in [0.1, 0.15) is 0 Å². The van der Waals surface area contributed by atoms with E-state index in [2.05, 4.69) is 41.2 Å². The summed E-state index contributed by atoms with van der Waals surface area (Å²) in [7, 11) is 0. The lowest BCUT2D eigenvalue weighted by Crippen LogP contribution is -2.50. The maximum atomic E-state index is 12.8. The zero-order valence-corrected chi connectivity index (χ0v) is 22.8. The van der Waals surface area contributed by atoms with Gasteiger partial charge < -0.3 is 20.3 Å². The van der Waals surface area contributed by atoms with Crippen molar-refractivity contribution in [3.05, 3.63) is 0 Å². The first kappa shape index (κ1) is 27.6. The third-order valence-corrected chi connectivity index (χ3v) is 7.43. The number of hydrogen-bond acceptors (Lipinski definition) is 4. The van der Waals surface area contributed by atoms with Crippen LogP contribution in [0.4, 0.5) is 0 Å². The molecule has 3 rings (SSSR count). The van der Waals surface area contributed by atoms with Crippen molar-refractivity contribution in [2.45, 2.75) is 77.8 Å². The molecule has 3 fully saturated rings. The van der Waals surface area contributed by atoms with Crippen molar-refractivity contribution in [1.82, 2.24) is 20.4 Å². The summed E-state index contributed by atoms with van der Waals surface area (Å²) >= 11 is 0. The van der Waals surface area contributed by atoms with Crippen LogP contribution >= 0.6 is 24.0 Å². The number of guanidine groups is 1. The van der Waals surface area contributed by atoms with Crippen molar-refractivity contribution in [3.8, 4) is 0 Å². The number of morpholine rings is 1. The van der Waals surface area contributed by atoms with Crippen LogP contribution in [0.5, 0.6) is 0 Å². The number of carbonyl (C=O) groups excluding carboxylic acids is 1. The van der Waals surface area contributed by atoms with Crippen LogP contribution in [0.1, 0.15) is 65.7 Å². The normalized spacial score (nSPS) is 23.9. The molecule has 1 saturated carbocycles. The van der Waals surface area contributed by atoms with Crippen molar-refractivity contribution in [2.24, 2.45) is 16.8 Å². The van der Waals surface area contributed by atoms with Gasteiger partial charge in [-0.2, -0.15) is 0 Å². The third kappa shape index (κ3) is 7.72. The SMILES string of the molecule is CCNC(=NCC(C(CC)CC)N1CCOCC1)NC1CCN(C(=O)C2CCCC2)C1.I. The topological polar surface area (TPSA) is 69.2 Å². The Morgan fingerprint density at radius 3 is 2.38 bits per heavy atom. The van der Waals surface area contributed by atoms with E-state index in [-0.39, 0.29) is 35.9 Å². The Labute approximate surface area is 212 Å². The number of rotatable bonds is 9. The summed E-state index contributed by atoms with van der Waals surface area (Å²) in [5.41, 5.74) is 0. The zero-order chi connectivity index (χ0) is 22.1. The predicted octanol–water partition coefficient (Wildman–Crippen LogP) is 3.09. The second kappa shape index (κ2) is 14.6. The Morgan fingerprint density at radius 2 is 1.75 bits per heavy atom. The smallest absolute Gasteiger partial charge is 0.225 e. The number of halogens is 1. The molecular formula is C24H46IN5O2. The van der Waals surface area contributed by atoms with Gasteiger partial charge in [-0.3, -0.25) is 14.7 Å². The molecule has 0 aromatic heterocycles. The number of hydrogen-bond donors (Lipinski definition) is 2. The molecule has 32 heavy (non-hydrogen) atoms. The fourth-order valence-corrected chi connectivity index (χ4v) is 5.51. The average molecular weight is 564 g/mol. The van der Waals surface area contributed by atoms with Crippen molar-refractivity contribution in [3.63, 3.8) is 0 Å².